The molecule has 7 atom stereocenters. The van der Waals surface area contributed by atoms with Crippen molar-refractivity contribution in [3.63, 3.8) is 0 Å². The standard InChI is InChI=1S/C64H125NO8/c1-3-5-7-9-11-13-15-17-19-21-23-24-25-26-27-28-29-30-31-32-33-34-35-36-38-40-42-44-46-48-50-52-54-60(68)65-57(56-72-64-63(71)62(70)61(69)59(55-66)73-64)58(67)53-51-49-47-45-43-41-39-37-22-20-18-16-14-12-10-8-6-4-2/h51,53,57-59,61-64,66-67,69-71H,3-50,52,54-56H2,1-2H3,(H,65,68)/b53-51+. The fourth-order valence-corrected chi connectivity index (χ4v) is 10.8. The van der Waals surface area contributed by atoms with Gasteiger partial charge in [-0.25, -0.2) is 0 Å². The molecule has 1 fully saturated rings. The van der Waals surface area contributed by atoms with E-state index in [-0.39, 0.29) is 12.5 Å². The molecular weight excluding hydrogens is 911 g/mol. The van der Waals surface area contributed by atoms with E-state index in [0.29, 0.717) is 6.42 Å². The Kier molecular flexibility index (Phi) is 52.0. The zero-order chi connectivity index (χ0) is 52.9. The number of ether oxygens (including phenoxy) is 2. The molecule has 0 radical (unpaired) electrons. The molecule has 1 heterocycles. The molecule has 1 amide bonds. The number of hydrogen-bond acceptors (Lipinski definition) is 8. The Morgan fingerprint density at radius 3 is 1.07 bits per heavy atom. The van der Waals surface area contributed by atoms with Crippen molar-refractivity contribution in [2.24, 2.45) is 0 Å². The second-order valence-corrected chi connectivity index (χ2v) is 22.9. The summed E-state index contributed by atoms with van der Waals surface area (Å²) in [6, 6.07) is -0.801. The lowest BCUT2D eigenvalue weighted by atomic mass is 9.99. The Morgan fingerprint density at radius 2 is 0.753 bits per heavy atom. The fourth-order valence-electron chi connectivity index (χ4n) is 10.8. The summed E-state index contributed by atoms with van der Waals surface area (Å²) in [4.78, 5) is 13.1. The van der Waals surface area contributed by atoms with Gasteiger partial charge in [0.15, 0.2) is 6.29 Å². The van der Waals surface area contributed by atoms with E-state index in [1.807, 2.05) is 6.08 Å². The van der Waals surface area contributed by atoms with Crippen LogP contribution in [-0.2, 0) is 14.3 Å². The van der Waals surface area contributed by atoms with Gasteiger partial charge in [0.2, 0.25) is 5.91 Å². The third-order valence-corrected chi connectivity index (χ3v) is 15.9. The number of rotatable bonds is 57. The highest BCUT2D eigenvalue weighted by atomic mass is 16.7. The largest absolute Gasteiger partial charge is 0.394 e. The van der Waals surface area contributed by atoms with Crippen LogP contribution in [0, 0.1) is 0 Å². The molecule has 434 valence electrons. The summed E-state index contributed by atoms with van der Waals surface area (Å²) in [7, 11) is 0. The molecule has 0 saturated carbocycles. The topological polar surface area (TPSA) is 149 Å². The quantitative estimate of drug-likeness (QED) is 0.0261. The predicted molar refractivity (Wildman–Crippen MR) is 309 cm³/mol. The van der Waals surface area contributed by atoms with Gasteiger partial charge in [-0.15, -0.1) is 0 Å². The molecule has 1 aliphatic heterocycles. The molecule has 6 N–H and O–H groups in total. The smallest absolute Gasteiger partial charge is 0.220 e. The third-order valence-electron chi connectivity index (χ3n) is 15.9. The van der Waals surface area contributed by atoms with Crippen LogP contribution >= 0.6 is 0 Å². The van der Waals surface area contributed by atoms with Crippen molar-refractivity contribution in [1.82, 2.24) is 5.32 Å². The van der Waals surface area contributed by atoms with Crippen LogP contribution in [0.5, 0.6) is 0 Å². The van der Waals surface area contributed by atoms with Crippen molar-refractivity contribution < 1.29 is 39.8 Å². The number of carbonyl (C=O) groups is 1. The number of aliphatic hydroxyl groups is 5. The van der Waals surface area contributed by atoms with E-state index in [1.165, 1.54) is 276 Å². The average molecular weight is 1040 g/mol. The number of nitrogens with one attached hydrogen (secondary N) is 1. The van der Waals surface area contributed by atoms with E-state index < -0.39 is 49.5 Å². The molecule has 0 spiro atoms. The van der Waals surface area contributed by atoms with Gasteiger partial charge < -0.3 is 40.3 Å². The van der Waals surface area contributed by atoms with Crippen molar-refractivity contribution >= 4 is 5.91 Å². The SMILES string of the molecule is CCCCCCCCCCCCCCCCCC/C=C/C(O)C(COC1OC(CO)C(O)C(O)C1O)NC(=O)CCCCCCCCCCCCCCCCCCCCCCCCCCCCCCCCCC. The highest BCUT2D eigenvalue weighted by molar-refractivity contribution is 5.76. The molecule has 1 saturated heterocycles. The van der Waals surface area contributed by atoms with Crippen LogP contribution in [0.4, 0.5) is 0 Å². The minimum Gasteiger partial charge on any atom is -0.394 e. The summed E-state index contributed by atoms with van der Waals surface area (Å²) < 4.78 is 11.3. The number of aliphatic hydroxyl groups excluding tert-OH is 5. The molecule has 0 aromatic carbocycles. The molecule has 73 heavy (non-hydrogen) atoms. The zero-order valence-corrected chi connectivity index (χ0v) is 48.4. The maximum Gasteiger partial charge on any atom is 0.220 e. The summed E-state index contributed by atoms with van der Waals surface area (Å²) in [5.41, 5.74) is 0. The van der Waals surface area contributed by atoms with Crippen LogP contribution in [0.3, 0.4) is 0 Å². The Morgan fingerprint density at radius 1 is 0.452 bits per heavy atom. The van der Waals surface area contributed by atoms with Crippen LogP contribution in [0.1, 0.15) is 335 Å². The van der Waals surface area contributed by atoms with E-state index in [2.05, 4.69) is 19.2 Å². The number of carbonyl (C=O) groups excluding carboxylic acids is 1. The zero-order valence-electron chi connectivity index (χ0n) is 48.4. The summed E-state index contributed by atoms with van der Waals surface area (Å²) in [5, 5.41) is 54.6. The molecule has 0 aliphatic carbocycles. The molecule has 9 heteroatoms. The summed E-state index contributed by atoms with van der Waals surface area (Å²) in [6.45, 7) is 3.83. The van der Waals surface area contributed by atoms with Crippen LogP contribution < -0.4 is 5.32 Å². The summed E-state index contributed by atoms with van der Waals surface area (Å²) in [6.07, 6.45) is 61.7. The van der Waals surface area contributed by atoms with E-state index in [1.54, 1.807) is 6.08 Å². The van der Waals surface area contributed by atoms with Crippen molar-refractivity contribution in [3.8, 4) is 0 Å². The molecule has 7 unspecified atom stereocenters. The van der Waals surface area contributed by atoms with Gasteiger partial charge in [-0.2, -0.15) is 0 Å². The predicted octanol–water partition coefficient (Wildman–Crippen LogP) is 16.7. The number of unbranched alkanes of at least 4 members (excludes halogenated alkanes) is 47. The fraction of sp³-hybridized carbons (Fsp3) is 0.953. The van der Waals surface area contributed by atoms with E-state index in [4.69, 9.17) is 9.47 Å². The van der Waals surface area contributed by atoms with Crippen LogP contribution in [0.25, 0.3) is 0 Å². The van der Waals surface area contributed by atoms with Crippen molar-refractivity contribution in [2.45, 2.75) is 378 Å². The average Bonchev–Trinajstić information content (AvgIpc) is 3.39. The lowest BCUT2D eigenvalue weighted by Gasteiger charge is -2.40. The molecule has 9 nitrogen and oxygen atoms in total. The monoisotopic (exact) mass is 1040 g/mol. The van der Waals surface area contributed by atoms with E-state index in [9.17, 15) is 30.3 Å². The van der Waals surface area contributed by atoms with Gasteiger partial charge in [-0.05, 0) is 19.3 Å². The van der Waals surface area contributed by atoms with Gasteiger partial charge in [-0.3, -0.25) is 4.79 Å². The molecule has 0 aromatic rings. The molecular formula is C64H125NO8. The molecule has 1 aliphatic rings. The Bertz CT molecular complexity index is 1150. The van der Waals surface area contributed by atoms with Gasteiger partial charge in [0, 0.05) is 6.42 Å². The first-order valence-electron chi connectivity index (χ1n) is 32.4. The van der Waals surface area contributed by atoms with Gasteiger partial charge in [0.05, 0.1) is 25.4 Å². The first-order chi connectivity index (χ1) is 35.8. The minimum absolute atomic E-state index is 0.168. The second-order valence-electron chi connectivity index (χ2n) is 22.9. The first-order valence-corrected chi connectivity index (χ1v) is 32.4. The highest BCUT2D eigenvalue weighted by Crippen LogP contribution is 2.23. The Labute approximate surface area is 452 Å². The maximum atomic E-state index is 13.1. The highest BCUT2D eigenvalue weighted by Gasteiger charge is 2.44. The van der Waals surface area contributed by atoms with Crippen molar-refractivity contribution in [1.29, 1.82) is 0 Å². The second kappa shape index (κ2) is 54.3. The molecule has 1 rings (SSSR count). The minimum atomic E-state index is -1.56. The van der Waals surface area contributed by atoms with Crippen molar-refractivity contribution in [2.75, 3.05) is 13.2 Å². The summed E-state index contributed by atoms with van der Waals surface area (Å²) in [5.74, 6) is -0.168. The molecule has 0 aromatic heterocycles. The lowest BCUT2D eigenvalue weighted by molar-refractivity contribution is -0.302. The summed E-state index contributed by atoms with van der Waals surface area (Å²) >= 11 is 0. The number of allylic oxidation sites excluding steroid dienone is 1. The Hall–Kier alpha value is -1.07. The van der Waals surface area contributed by atoms with Crippen LogP contribution in [0.2, 0.25) is 0 Å². The molecule has 0 bridgehead atoms. The van der Waals surface area contributed by atoms with Gasteiger partial charge >= 0.3 is 0 Å². The third kappa shape index (κ3) is 43.6. The maximum absolute atomic E-state index is 13.1. The Balaban J connectivity index is 2.11. The van der Waals surface area contributed by atoms with Crippen molar-refractivity contribution in [3.05, 3.63) is 12.2 Å². The lowest BCUT2D eigenvalue weighted by Crippen LogP contribution is -2.60. The van der Waals surface area contributed by atoms with Gasteiger partial charge in [-0.1, -0.05) is 321 Å². The van der Waals surface area contributed by atoms with Gasteiger partial charge in [0.1, 0.15) is 24.4 Å². The number of amides is 1. The normalized spacial score (nSPS) is 19.0. The van der Waals surface area contributed by atoms with Crippen LogP contribution in [-0.4, -0.2) is 87.5 Å². The van der Waals surface area contributed by atoms with Gasteiger partial charge in [0.25, 0.3) is 0 Å². The number of hydrogen-bond donors (Lipinski definition) is 6. The first kappa shape index (κ1) is 69.9. The van der Waals surface area contributed by atoms with E-state index >= 15 is 0 Å². The van der Waals surface area contributed by atoms with Crippen LogP contribution in [0.15, 0.2) is 12.2 Å². The van der Waals surface area contributed by atoms with E-state index in [0.717, 1.165) is 38.5 Å².